The van der Waals surface area contributed by atoms with Gasteiger partial charge in [0.1, 0.15) is 17.7 Å². The number of hydrogen-bond acceptors (Lipinski definition) is 7. The summed E-state index contributed by atoms with van der Waals surface area (Å²) in [5.41, 5.74) is 5.46. The number of aromatic nitrogens is 1. The van der Waals surface area contributed by atoms with E-state index >= 15 is 8.78 Å². The fourth-order valence-electron chi connectivity index (χ4n) is 11.3. The molecule has 4 aromatic rings. The Balaban J connectivity index is 0.729. The molecule has 0 radical (unpaired) electrons. The molecule has 1 aliphatic carbocycles. The largest absolute Gasteiger partial charge is 0.357 e. The summed E-state index contributed by atoms with van der Waals surface area (Å²) in [5, 5.41) is 3.19. The number of carbonyl (C=O) groups is 4. The van der Waals surface area contributed by atoms with Crippen LogP contribution < -0.4 is 5.32 Å². The van der Waals surface area contributed by atoms with Gasteiger partial charge in [-0.1, -0.05) is 18.2 Å². The molecule has 1 unspecified atom stereocenters. The Labute approximate surface area is 345 Å². The molecule has 2 saturated heterocycles. The van der Waals surface area contributed by atoms with Crippen molar-refractivity contribution >= 4 is 34.5 Å². The fraction of sp³-hybridized carbons (Fsp3) is 0.478. The van der Waals surface area contributed by atoms with Gasteiger partial charge in [-0.05, 0) is 116 Å². The maximum atomic E-state index is 16.3. The van der Waals surface area contributed by atoms with Crippen LogP contribution in [0.2, 0.25) is 0 Å². The average Bonchev–Trinajstić information content (AvgIpc) is 3.84. The fourth-order valence-corrected chi connectivity index (χ4v) is 11.3. The first-order chi connectivity index (χ1) is 28.9. The summed E-state index contributed by atoms with van der Waals surface area (Å²) in [4.78, 5) is 61.4. The maximum Gasteiger partial charge on any atom is 0.262 e. The smallest absolute Gasteiger partial charge is 0.262 e. The first-order valence-electron chi connectivity index (χ1n) is 21.3. The summed E-state index contributed by atoms with van der Waals surface area (Å²) in [6.07, 6.45) is 1.65. The molecule has 0 bridgehead atoms. The second-order valence-corrected chi connectivity index (χ2v) is 18.1. The van der Waals surface area contributed by atoms with Crippen molar-refractivity contribution < 1.29 is 36.7 Å². The first kappa shape index (κ1) is 39.2. The van der Waals surface area contributed by atoms with Crippen LogP contribution in [-0.2, 0) is 29.1 Å². The molecular weight excluding hydrogens is 777 g/mol. The minimum atomic E-state index is -2.65. The van der Waals surface area contributed by atoms with Crippen molar-refractivity contribution in [3.63, 3.8) is 0 Å². The number of aromatic amines is 1. The molecule has 2 N–H and O–H groups in total. The lowest BCUT2D eigenvalue weighted by Gasteiger charge is -2.43. The third-order valence-electron chi connectivity index (χ3n) is 14.2. The van der Waals surface area contributed by atoms with Crippen LogP contribution in [0.4, 0.5) is 17.6 Å². The van der Waals surface area contributed by atoms with Crippen molar-refractivity contribution in [2.75, 3.05) is 32.7 Å². The van der Waals surface area contributed by atoms with Gasteiger partial charge in [-0.2, -0.15) is 0 Å². The molecular formula is C46H48F4N6O4. The van der Waals surface area contributed by atoms with E-state index in [2.05, 4.69) is 20.1 Å². The highest BCUT2D eigenvalue weighted by Gasteiger charge is 2.46. The third-order valence-corrected chi connectivity index (χ3v) is 14.2. The Kier molecular flexibility index (Phi) is 9.95. The van der Waals surface area contributed by atoms with Gasteiger partial charge < -0.3 is 9.88 Å². The Morgan fingerprint density at radius 3 is 2.10 bits per heavy atom. The zero-order valence-electron chi connectivity index (χ0n) is 33.5. The number of para-hydroxylation sites is 1. The lowest BCUT2D eigenvalue weighted by atomic mass is 9.77. The van der Waals surface area contributed by atoms with Gasteiger partial charge in [0.05, 0.1) is 23.7 Å². The number of imide groups is 2. The zero-order valence-corrected chi connectivity index (χ0v) is 33.5. The Bertz CT molecular complexity index is 2350. The highest BCUT2D eigenvalue weighted by Crippen LogP contribution is 2.45. The van der Waals surface area contributed by atoms with Crippen LogP contribution in [-0.4, -0.2) is 99.4 Å². The average molecular weight is 825 g/mol. The van der Waals surface area contributed by atoms with E-state index in [1.165, 1.54) is 17.0 Å². The van der Waals surface area contributed by atoms with Crippen LogP contribution in [0.1, 0.15) is 112 Å². The molecule has 6 aliphatic rings. The van der Waals surface area contributed by atoms with Gasteiger partial charge in [-0.25, -0.2) is 17.6 Å². The van der Waals surface area contributed by atoms with Crippen LogP contribution >= 0.6 is 0 Å². The van der Waals surface area contributed by atoms with Crippen LogP contribution in [0.3, 0.4) is 0 Å². The number of H-pyrrole nitrogens is 1. The molecule has 10 nitrogen and oxygen atoms in total. The predicted molar refractivity (Wildman–Crippen MR) is 214 cm³/mol. The van der Waals surface area contributed by atoms with Gasteiger partial charge in [0, 0.05) is 73.9 Å². The van der Waals surface area contributed by atoms with Crippen LogP contribution in [0.5, 0.6) is 0 Å². The SMILES string of the molecule is C[C@@H]1Cc2c([nH]c3ccccc23)[C@@H](c2c(F)cc(C3CCC(CN4CC(CN5Cc6cc7c(cc6C5)C(=O)N(C5CCC(=O)NC5=O)C7=O)C4)CC3)cc2F)N1CC(F)F. The van der Waals surface area contributed by atoms with Gasteiger partial charge >= 0.3 is 0 Å². The molecule has 6 heterocycles. The number of nitrogens with zero attached hydrogens (tertiary/aromatic N) is 4. The molecule has 1 saturated carbocycles. The Hall–Kier alpha value is -4.92. The normalized spacial score (nSPS) is 26.5. The molecule has 10 rings (SSSR count). The van der Waals surface area contributed by atoms with Gasteiger partial charge in [-0.3, -0.25) is 39.2 Å². The molecule has 4 amide bonds. The van der Waals surface area contributed by atoms with Gasteiger partial charge in [0.2, 0.25) is 11.8 Å². The number of alkyl halides is 2. The van der Waals surface area contributed by atoms with Gasteiger partial charge in [0.25, 0.3) is 18.2 Å². The van der Waals surface area contributed by atoms with E-state index in [9.17, 15) is 28.0 Å². The summed E-state index contributed by atoms with van der Waals surface area (Å²) in [6.45, 7) is 6.49. The predicted octanol–water partition coefficient (Wildman–Crippen LogP) is 6.67. The number of amides is 4. The second-order valence-electron chi connectivity index (χ2n) is 18.1. The van der Waals surface area contributed by atoms with Crippen molar-refractivity contribution in [3.05, 3.63) is 105 Å². The van der Waals surface area contributed by atoms with Crippen molar-refractivity contribution in [1.82, 2.24) is 29.9 Å². The summed E-state index contributed by atoms with van der Waals surface area (Å²) >= 11 is 0. The topological polar surface area (TPSA) is 109 Å². The molecule has 5 aliphatic heterocycles. The standard InChI is InChI=1S/C46H48F4N6O4/c1-24-12-32-31-4-2-3-5-37(31)51-42(32)43(55(24)23-39(49)50)41-35(47)15-28(16-36(41)48)27-8-6-25(7-9-27)17-53-18-26(19-53)20-54-21-29-13-33-34(14-30(29)22-54)46(60)56(45(33)59)38-10-11-40(57)52-44(38)58/h2-5,13-16,24-27,38-39,43,51H,6-12,17-23H2,1H3,(H,52,57,58)/t24-,25?,27?,38?,43-/m1/s1. The van der Waals surface area contributed by atoms with Crippen molar-refractivity contribution in [2.45, 2.75) is 95.4 Å². The van der Waals surface area contributed by atoms with Crippen molar-refractivity contribution in [1.29, 1.82) is 0 Å². The number of nitrogens with one attached hydrogen (secondary N) is 2. The number of piperidine rings is 1. The number of likely N-dealkylation sites (tertiary alicyclic amines) is 1. The monoisotopic (exact) mass is 824 g/mol. The number of carbonyl (C=O) groups excluding carboxylic acids is 4. The number of hydrogen-bond donors (Lipinski definition) is 2. The molecule has 1 aromatic heterocycles. The van der Waals surface area contributed by atoms with Crippen LogP contribution in [0.15, 0.2) is 48.5 Å². The summed E-state index contributed by atoms with van der Waals surface area (Å²) in [6, 6.07) is 11.8. The first-order valence-corrected chi connectivity index (χ1v) is 21.3. The third kappa shape index (κ3) is 6.84. The van der Waals surface area contributed by atoms with E-state index < -0.39 is 60.3 Å². The lowest BCUT2D eigenvalue weighted by Crippen LogP contribution is -2.54. The van der Waals surface area contributed by atoms with E-state index in [0.29, 0.717) is 53.7 Å². The highest BCUT2D eigenvalue weighted by atomic mass is 19.3. The second kappa shape index (κ2) is 15.2. The summed E-state index contributed by atoms with van der Waals surface area (Å²) < 4.78 is 60.3. The highest BCUT2D eigenvalue weighted by molar-refractivity contribution is 6.23. The Morgan fingerprint density at radius 1 is 0.800 bits per heavy atom. The van der Waals surface area contributed by atoms with Crippen molar-refractivity contribution in [3.8, 4) is 0 Å². The van der Waals surface area contributed by atoms with Crippen LogP contribution in [0.25, 0.3) is 10.9 Å². The molecule has 0 spiro atoms. The zero-order chi connectivity index (χ0) is 41.6. The number of halogens is 4. The molecule has 14 heteroatoms. The van der Waals surface area contributed by atoms with E-state index in [-0.39, 0.29) is 30.4 Å². The van der Waals surface area contributed by atoms with Gasteiger partial charge in [0.15, 0.2) is 0 Å². The molecule has 3 fully saturated rings. The maximum absolute atomic E-state index is 16.3. The van der Waals surface area contributed by atoms with Crippen LogP contribution in [0, 0.1) is 23.5 Å². The van der Waals surface area contributed by atoms with E-state index in [1.807, 2.05) is 31.2 Å². The summed E-state index contributed by atoms with van der Waals surface area (Å²) in [5.74, 6) is -2.34. The molecule has 3 aromatic carbocycles. The van der Waals surface area contributed by atoms with Gasteiger partial charge in [-0.15, -0.1) is 0 Å². The minimum Gasteiger partial charge on any atom is -0.357 e. The number of fused-ring (bicyclic) bond motifs is 5. The molecule has 60 heavy (non-hydrogen) atoms. The number of benzene rings is 3. The molecule has 314 valence electrons. The van der Waals surface area contributed by atoms with Crippen molar-refractivity contribution in [2.24, 2.45) is 11.8 Å². The van der Waals surface area contributed by atoms with E-state index in [4.69, 9.17) is 0 Å². The van der Waals surface area contributed by atoms with E-state index in [1.54, 1.807) is 12.1 Å². The summed E-state index contributed by atoms with van der Waals surface area (Å²) in [7, 11) is 0. The quantitative estimate of drug-likeness (QED) is 0.144. The minimum absolute atomic E-state index is 0.0267. The lowest BCUT2D eigenvalue weighted by molar-refractivity contribution is -0.136. The molecule has 3 atom stereocenters. The number of rotatable bonds is 9. The Morgan fingerprint density at radius 2 is 1.45 bits per heavy atom. The van der Waals surface area contributed by atoms with E-state index in [0.717, 1.165) is 84.4 Å².